The lowest BCUT2D eigenvalue weighted by Crippen LogP contribution is -2.50. The van der Waals surface area contributed by atoms with Crippen LogP contribution in [0.2, 0.25) is 0 Å². The topological polar surface area (TPSA) is 72.3 Å². The molecule has 0 aromatic heterocycles. The maximum atomic E-state index is 13.0. The number of fused-ring (bicyclic) bond motifs is 5. The summed E-state index contributed by atoms with van der Waals surface area (Å²) >= 11 is 0. The van der Waals surface area contributed by atoms with Crippen LogP contribution in [0.1, 0.15) is 71.6 Å². The van der Waals surface area contributed by atoms with Crippen LogP contribution < -0.4 is 11.6 Å². The normalized spacial score (nSPS) is 46.6. The second-order valence-corrected chi connectivity index (χ2v) is 10.5. The molecule has 0 spiro atoms. The van der Waals surface area contributed by atoms with Crippen molar-refractivity contribution in [2.75, 3.05) is 6.54 Å². The fourth-order valence-corrected chi connectivity index (χ4v) is 8.07. The average Bonchev–Trinajstić information content (AvgIpc) is 2.98. The van der Waals surface area contributed by atoms with Crippen LogP contribution in [0, 0.1) is 46.8 Å². The van der Waals surface area contributed by atoms with Gasteiger partial charge in [-0.2, -0.15) is 0 Å². The van der Waals surface area contributed by atoms with Crippen molar-refractivity contribution in [1.29, 1.82) is 0 Å². The van der Waals surface area contributed by atoms with Gasteiger partial charge in [-0.05, 0) is 92.3 Å². The fraction of sp³-hybridized carbons (Fsp3) is 0.870. The van der Waals surface area contributed by atoms with Gasteiger partial charge in [0.25, 0.3) is 0 Å². The Morgan fingerprint density at radius 2 is 1.85 bits per heavy atom. The van der Waals surface area contributed by atoms with Crippen LogP contribution in [0.4, 0.5) is 0 Å². The van der Waals surface area contributed by atoms with Crippen molar-refractivity contribution in [1.82, 2.24) is 5.01 Å². The van der Waals surface area contributed by atoms with Crippen molar-refractivity contribution >= 4 is 5.78 Å². The van der Waals surface area contributed by atoms with Gasteiger partial charge in [-0.25, -0.2) is 5.84 Å². The molecule has 4 heteroatoms. The van der Waals surface area contributed by atoms with Crippen molar-refractivity contribution in [3.05, 3.63) is 12.4 Å². The van der Waals surface area contributed by atoms with Gasteiger partial charge in [0.1, 0.15) is 0 Å². The van der Waals surface area contributed by atoms with Gasteiger partial charge in [0.2, 0.25) is 0 Å². The number of carbonyl (C=O) groups is 1. The van der Waals surface area contributed by atoms with Gasteiger partial charge in [-0.1, -0.05) is 20.3 Å². The van der Waals surface area contributed by atoms with E-state index >= 15 is 0 Å². The second-order valence-electron chi connectivity index (χ2n) is 10.5. The highest BCUT2D eigenvalue weighted by atomic mass is 16.1. The molecule has 0 bridgehead atoms. The number of Topliss-reactive ketones (excluding diaryl/α,β-unsaturated/α-hetero) is 1. The first kappa shape index (κ1) is 19.3. The van der Waals surface area contributed by atoms with E-state index in [2.05, 4.69) is 13.8 Å². The zero-order valence-electron chi connectivity index (χ0n) is 17.3. The molecule has 4 fully saturated rings. The summed E-state index contributed by atoms with van der Waals surface area (Å²) in [5.74, 6) is 11.9. The highest BCUT2D eigenvalue weighted by molar-refractivity contribution is 5.84. The minimum Gasteiger partial charge on any atom is -0.403 e. The van der Waals surface area contributed by atoms with Crippen LogP contribution in [-0.4, -0.2) is 17.3 Å². The van der Waals surface area contributed by atoms with Crippen molar-refractivity contribution in [2.24, 2.45) is 58.4 Å². The fourth-order valence-electron chi connectivity index (χ4n) is 8.07. The van der Waals surface area contributed by atoms with E-state index < -0.39 is 0 Å². The molecule has 4 aliphatic rings. The standard InChI is InChI=1S/C23H39N3O/c1-15-3-5-17-16(13-15)4-6-19-18(17)9-10-23(2)20(19)7-8-21(23)22(27)14-26(25)12-11-24/h11-12,15-21H,3-10,13-14,24-25H2,1-2H3/b12-11-. The molecule has 0 aliphatic heterocycles. The van der Waals surface area contributed by atoms with Gasteiger partial charge in [-0.3, -0.25) is 4.79 Å². The third-order valence-electron chi connectivity index (χ3n) is 9.22. The molecule has 0 aromatic carbocycles. The Kier molecular flexibility index (Phi) is 5.30. The molecule has 0 heterocycles. The van der Waals surface area contributed by atoms with Crippen LogP contribution in [0.3, 0.4) is 0 Å². The molecule has 8 atom stereocenters. The minimum atomic E-state index is 0.185. The largest absolute Gasteiger partial charge is 0.403 e. The highest BCUT2D eigenvalue weighted by Gasteiger charge is 2.58. The third kappa shape index (κ3) is 3.32. The van der Waals surface area contributed by atoms with Crippen LogP contribution in [0.25, 0.3) is 0 Å². The number of carbonyl (C=O) groups excluding carboxylic acids is 1. The Morgan fingerprint density at radius 1 is 1.07 bits per heavy atom. The number of nitrogens with two attached hydrogens (primary N) is 2. The monoisotopic (exact) mass is 373 g/mol. The van der Waals surface area contributed by atoms with Gasteiger partial charge in [0.15, 0.2) is 5.78 Å². The molecule has 27 heavy (non-hydrogen) atoms. The van der Waals surface area contributed by atoms with Crippen molar-refractivity contribution in [3.63, 3.8) is 0 Å². The minimum absolute atomic E-state index is 0.185. The van der Waals surface area contributed by atoms with E-state index in [-0.39, 0.29) is 17.9 Å². The van der Waals surface area contributed by atoms with Gasteiger partial charge >= 0.3 is 0 Å². The number of hydrogen-bond acceptors (Lipinski definition) is 4. The number of hydrogen-bond donors (Lipinski definition) is 2. The predicted octanol–water partition coefficient (Wildman–Crippen LogP) is 4.07. The van der Waals surface area contributed by atoms with E-state index in [9.17, 15) is 4.79 Å². The van der Waals surface area contributed by atoms with Gasteiger partial charge in [0, 0.05) is 18.3 Å². The summed E-state index contributed by atoms with van der Waals surface area (Å²) in [4.78, 5) is 13.0. The molecule has 4 N–H and O–H groups in total. The van der Waals surface area contributed by atoms with Crippen LogP contribution in [0.15, 0.2) is 12.4 Å². The van der Waals surface area contributed by atoms with Crippen molar-refractivity contribution in [2.45, 2.75) is 71.6 Å². The number of nitrogens with zero attached hydrogens (tertiary/aromatic N) is 1. The van der Waals surface area contributed by atoms with Crippen LogP contribution in [-0.2, 0) is 4.79 Å². The second kappa shape index (κ2) is 7.42. The van der Waals surface area contributed by atoms with Crippen molar-refractivity contribution in [3.8, 4) is 0 Å². The molecule has 152 valence electrons. The van der Waals surface area contributed by atoms with Crippen molar-refractivity contribution < 1.29 is 4.79 Å². The molecule has 0 aromatic rings. The Morgan fingerprint density at radius 3 is 2.63 bits per heavy atom. The lowest BCUT2D eigenvalue weighted by Gasteiger charge is -2.56. The summed E-state index contributed by atoms with van der Waals surface area (Å²) < 4.78 is 0. The molecule has 0 saturated heterocycles. The predicted molar refractivity (Wildman–Crippen MR) is 109 cm³/mol. The molecule has 0 amide bonds. The molecular weight excluding hydrogens is 334 g/mol. The molecule has 4 nitrogen and oxygen atoms in total. The summed E-state index contributed by atoms with van der Waals surface area (Å²) in [6.07, 6.45) is 15.1. The first-order valence-electron chi connectivity index (χ1n) is 11.4. The van der Waals surface area contributed by atoms with E-state index in [1.54, 1.807) is 6.20 Å². The zero-order chi connectivity index (χ0) is 19.2. The Hall–Kier alpha value is -1.03. The Bertz CT molecular complexity index is 590. The smallest absolute Gasteiger partial charge is 0.157 e. The lowest BCUT2D eigenvalue weighted by atomic mass is 9.49. The first-order valence-corrected chi connectivity index (χ1v) is 11.4. The van der Waals surface area contributed by atoms with Gasteiger partial charge < -0.3 is 10.7 Å². The zero-order valence-corrected chi connectivity index (χ0v) is 17.3. The van der Waals surface area contributed by atoms with E-state index in [1.807, 2.05) is 0 Å². The Balaban J connectivity index is 1.47. The SMILES string of the molecule is CC1CCC2C(CCC3C2CCC2(C)C(C(=O)CN(N)/C=C\N)CCC32)C1. The number of hydrazine groups is 1. The van der Waals surface area contributed by atoms with E-state index in [0.29, 0.717) is 5.78 Å². The maximum Gasteiger partial charge on any atom is 0.157 e. The third-order valence-corrected chi connectivity index (χ3v) is 9.22. The quantitative estimate of drug-likeness (QED) is 0.576. The summed E-state index contributed by atoms with van der Waals surface area (Å²) in [6, 6.07) is 0. The lowest BCUT2D eigenvalue weighted by molar-refractivity contribution is -0.131. The number of rotatable bonds is 4. The first-order chi connectivity index (χ1) is 12.9. The molecule has 0 radical (unpaired) electrons. The summed E-state index contributed by atoms with van der Waals surface area (Å²) in [5.41, 5.74) is 5.61. The average molecular weight is 374 g/mol. The summed E-state index contributed by atoms with van der Waals surface area (Å²) in [6.45, 7) is 5.17. The van der Waals surface area contributed by atoms with Crippen LogP contribution in [0.5, 0.6) is 0 Å². The molecule has 4 saturated carbocycles. The van der Waals surface area contributed by atoms with E-state index in [1.165, 1.54) is 62.6 Å². The summed E-state index contributed by atoms with van der Waals surface area (Å²) in [7, 11) is 0. The molecule has 4 rings (SSSR count). The van der Waals surface area contributed by atoms with Gasteiger partial charge in [0.05, 0.1) is 6.54 Å². The highest BCUT2D eigenvalue weighted by Crippen LogP contribution is 2.64. The van der Waals surface area contributed by atoms with E-state index in [0.717, 1.165) is 41.9 Å². The van der Waals surface area contributed by atoms with Crippen LogP contribution >= 0.6 is 0 Å². The number of ketones is 1. The Labute approximate surface area is 165 Å². The molecule has 4 aliphatic carbocycles. The maximum absolute atomic E-state index is 13.0. The van der Waals surface area contributed by atoms with E-state index in [4.69, 9.17) is 11.6 Å². The summed E-state index contributed by atoms with van der Waals surface area (Å²) in [5, 5.41) is 1.44. The molecule has 8 unspecified atom stereocenters. The molecular formula is C23H39N3O. The van der Waals surface area contributed by atoms with Gasteiger partial charge in [-0.15, -0.1) is 0 Å².